The number of hydrogen-bond acceptors (Lipinski definition) is 4. The van der Waals surface area contributed by atoms with Gasteiger partial charge >= 0.3 is 6.61 Å². The zero-order valence-electron chi connectivity index (χ0n) is 17.7. The smallest absolute Gasteiger partial charge is 0.387 e. The van der Waals surface area contributed by atoms with Gasteiger partial charge in [-0.1, -0.05) is 18.2 Å². The number of nitrogens with one attached hydrogen (secondary N) is 3. The number of alkyl halides is 2. The number of benzene rings is 2. The number of para-hydroxylation sites is 2. The number of ether oxygens (including phenoxy) is 1. The van der Waals surface area contributed by atoms with E-state index >= 15 is 0 Å². The van der Waals surface area contributed by atoms with Crippen LogP contribution in [0, 0.1) is 5.82 Å². The number of carbonyl (C=O) groups is 1. The summed E-state index contributed by atoms with van der Waals surface area (Å²) < 4.78 is 43.3. The summed E-state index contributed by atoms with van der Waals surface area (Å²) in [6.45, 7) is 0.679. The molecule has 2 aromatic rings. The van der Waals surface area contributed by atoms with Gasteiger partial charge in [-0.15, -0.1) is 0 Å². The van der Waals surface area contributed by atoms with E-state index < -0.39 is 12.4 Å². The normalized spacial score (nSPS) is 16.2. The molecule has 7 nitrogen and oxygen atoms in total. The van der Waals surface area contributed by atoms with Crippen molar-refractivity contribution in [2.45, 2.75) is 26.0 Å². The molecule has 0 radical (unpaired) electrons. The van der Waals surface area contributed by atoms with Gasteiger partial charge in [0.1, 0.15) is 18.1 Å². The molecule has 1 aliphatic rings. The molecule has 1 heterocycles. The van der Waals surface area contributed by atoms with Crippen LogP contribution in [0.3, 0.4) is 0 Å². The Morgan fingerprint density at radius 3 is 2.81 bits per heavy atom. The number of aliphatic imine (C=N–C) groups is 1. The first-order chi connectivity index (χ1) is 15.4. The van der Waals surface area contributed by atoms with Crippen LogP contribution < -0.4 is 25.6 Å². The van der Waals surface area contributed by atoms with Crippen LogP contribution in [-0.4, -0.2) is 50.7 Å². The first-order valence-corrected chi connectivity index (χ1v) is 10.3. The van der Waals surface area contributed by atoms with Crippen molar-refractivity contribution in [1.82, 2.24) is 10.6 Å². The van der Waals surface area contributed by atoms with Gasteiger partial charge in [-0.2, -0.15) is 8.78 Å². The summed E-state index contributed by atoms with van der Waals surface area (Å²) in [4.78, 5) is 18.4. The van der Waals surface area contributed by atoms with Crippen LogP contribution >= 0.6 is 0 Å². The highest BCUT2D eigenvalue weighted by atomic mass is 19.3. The van der Waals surface area contributed by atoms with Crippen molar-refractivity contribution in [3.05, 3.63) is 54.3 Å². The summed E-state index contributed by atoms with van der Waals surface area (Å²) in [6.07, 6.45) is 0.753. The largest absolute Gasteiger partial charge is 0.433 e. The maximum Gasteiger partial charge on any atom is 0.387 e. The van der Waals surface area contributed by atoms with E-state index in [1.165, 1.54) is 24.3 Å². The maximum absolute atomic E-state index is 13.3. The highest BCUT2D eigenvalue weighted by Gasteiger charge is 2.26. The van der Waals surface area contributed by atoms with E-state index in [4.69, 9.17) is 0 Å². The number of nitrogens with zero attached hydrogens (tertiary/aromatic N) is 2. The lowest BCUT2D eigenvalue weighted by Gasteiger charge is -2.22. The molecular weight excluding hydrogens is 423 g/mol. The van der Waals surface area contributed by atoms with Crippen LogP contribution in [0.15, 0.2) is 53.5 Å². The van der Waals surface area contributed by atoms with E-state index in [1.807, 2.05) is 11.8 Å². The molecule has 172 valence electrons. The fraction of sp³-hybridized carbons (Fsp3) is 0.364. The van der Waals surface area contributed by atoms with Gasteiger partial charge in [-0.25, -0.2) is 9.38 Å². The molecule has 0 aliphatic carbocycles. The van der Waals surface area contributed by atoms with E-state index in [2.05, 4.69) is 25.7 Å². The van der Waals surface area contributed by atoms with E-state index in [9.17, 15) is 18.0 Å². The van der Waals surface area contributed by atoms with Crippen molar-refractivity contribution in [3.8, 4) is 5.75 Å². The molecule has 1 atom stereocenters. The average molecular weight is 449 g/mol. The van der Waals surface area contributed by atoms with Crippen molar-refractivity contribution in [2.24, 2.45) is 4.99 Å². The Bertz CT molecular complexity index is 941. The summed E-state index contributed by atoms with van der Waals surface area (Å²) in [5, 5.41) is 8.96. The van der Waals surface area contributed by atoms with Crippen LogP contribution in [0.25, 0.3) is 0 Å². The predicted molar refractivity (Wildman–Crippen MR) is 118 cm³/mol. The van der Waals surface area contributed by atoms with E-state index in [1.54, 1.807) is 24.3 Å². The average Bonchev–Trinajstić information content (AvgIpc) is 3.20. The lowest BCUT2D eigenvalue weighted by Crippen LogP contribution is -2.45. The molecule has 0 saturated carbocycles. The van der Waals surface area contributed by atoms with Crippen molar-refractivity contribution in [2.75, 3.05) is 36.4 Å². The second-order valence-electron chi connectivity index (χ2n) is 7.18. The van der Waals surface area contributed by atoms with Crippen LogP contribution in [0.4, 0.5) is 24.5 Å². The van der Waals surface area contributed by atoms with Crippen molar-refractivity contribution in [1.29, 1.82) is 0 Å². The van der Waals surface area contributed by atoms with Gasteiger partial charge in [0.15, 0.2) is 5.96 Å². The first-order valence-electron chi connectivity index (χ1n) is 10.3. The zero-order valence-corrected chi connectivity index (χ0v) is 17.7. The third-order valence-electron chi connectivity index (χ3n) is 4.78. The predicted octanol–water partition coefficient (Wildman–Crippen LogP) is 3.20. The summed E-state index contributed by atoms with van der Waals surface area (Å²) in [6, 6.07) is 12.3. The minimum Gasteiger partial charge on any atom is -0.433 e. The molecule has 10 heteroatoms. The van der Waals surface area contributed by atoms with Crippen LogP contribution in [0.5, 0.6) is 5.75 Å². The summed E-state index contributed by atoms with van der Waals surface area (Å²) in [7, 11) is 0. The second kappa shape index (κ2) is 11.3. The second-order valence-corrected chi connectivity index (χ2v) is 7.18. The molecule has 32 heavy (non-hydrogen) atoms. The number of carbonyl (C=O) groups excluding carboxylic acids is 1. The number of amides is 1. The number of halogens is 3. The lowest BCUT2D eigenvalue weighted by molar-refractivity contribution is -0.114. The molecule has 2 aromatic carbocycles. The fourth-order valence-corrected chi connectivity index (χ4v) is 3.44. The SMILES string of the molecule is CCNC(=NCC(=O)Nc1cccc(F)c1)NC1CCN(c2ccccc2OC(F)F)C1. The third kappa shape index (κ3) is 6.79. The number of hydrogen-bond donors (Lipinski definition) is 3. The highest BCUT2D eigenvalue weighted by Crippen LogP contribution is 2.31. The standard InChI is InChI=1S/C22H26F3N5O2/c1-2-26-22(27-13-20(31)28-16-7-5-6-15(23)12-16)29-17-10-11-30(14-17)18-8-3-4-9-19(18)32-21(24)25/h3-9,12,17,21H,2,10-11,13-14H2,1H3,(H,28,31)(H2,26,27,29). The third-order valence-corrected chi connectivity index (χ3v) is 4.78. The molecule has 3 rings (SSSR count). The highest BCUT2D eigenvalue weighted by molar-refractivity contribution is 5.94. The Hall–Kier alpha value is -3.43. The summed E-state index contributed by atoms with van der Waals surface area (Å²) >= 11 is 0. The summed E-state index contributed by atoms with van der Waals surface area (Å²) in [5.41, 5.74) is 0.966. The Kier molecular flexibility index (Phi) is 8.18. The number of guanidine groups is 1. The molecule has 1 fully saturated rings. The first kappa shape index (κ1) is 23.2. The van der Waals surface area contributed by atoms with Crippen LogP contribution in [0.2, 0.25) is 0 Å². The quantitative estimate of drug-likeness (QED) is 0.426. The van der Waals surface area contributed by atoms with Crippen LogP contribution in [-0.2, 0) is 4.79 Å². The van der Waals surface area contributed by atoms with Gasteiger partial charge in [-0.05, 0) is 43.7 Å². The van der Waals surface area contributed by atoms with Crippen LogP contribution in [0.1, 0.15) is 13.3 Å². The molecule has 0 bridgehead atoms. The van der Waals surface area contributed by atoms with Gasteiger partial charge in [0.25, 0.3) is 0 Å². The van der Waals surface area contributed by atoms with Crippen molar-refractivity contribution < 1.29 is 22.7 Å². The molecule has 0 aromatic heterocycles. The Morgan fingerprint density at radius 2 is 2.06 bits per heavy atom. The van der Waals surface area contributed by atoms with Gasteiger partial charge in [-0.3, -0.25) is 4.79 Å². The number of anilines is 2. The van der Waals surface area contributed by atoms with Gasteiger partial charge in [0, 0.05) is 31.4 Å². The molecule has 3 N–H and O–H groups in total. The molecular formula is C22H26F3N5O2. The molecule has 1 aliphatic heterocycles. The van der Waals surface area contributed by atoms with Crippen molar-refractivity contribution >= 4 is 23.2 Å². The van der Waals surface area contributed by atoms with Gasteiger partial charge in [0.2, 0.25) is 5.91 Å². The van der Waals surface area contributed by atoms with Gasteiger partial charge < -0.3 is 25.6 Å². The fourth-order valence-electron chi connectivity index (χ4n) is 3.44. The molecule has 0 spiro atoms. The Balaban J connectivity index is 1.58. The number of rotatable bonds is 8. The Morgan fingerprint density at radius 1 is 1.25 bits per heavy atom. The minimum atomic E-state index is -2.89. The topological polar surface area (TPSA) is 78.0 Å². The molecule has 1 saturated heterocycles. The Labute approximate surface area is 184 Å². The zero-order chi connectivity index (χ0) is 22.9. The molecule has 1 amide bonds. The van der Waals surface area contributed by atoms with E-state index in [-0.39, 0.29) is 24.2 Å². The van der Waals surface area contributed by atoms with Crippen molar-refractivity contribution in [3.63, 3.8) is 0 Å². The lowest BCUT2D eigenvalue weighted by atomic mass is 10.2. The van der Waals surface area contributed by atoms with Gasteiger partial charge in [0.05, 0.1) is 5.69 Å². The van der Waals surface area contributed by atoms with E-state index in [0.717, 1.165) is 6.42 Å². The monoisotopic (exact) mass is 449 g/mol. The van der Waals surface area contributed by atoms with E-state index in [0.29, 0.717) is 37.0 Å². The minimum absolute atomic E-state index is 0.00122. The summed E-state index contributed by atoms with van der Waals surface area (Å²) in [5.74, 6) is -0.213. The maximum atomic E-state index is 13.3. The molecule has 1 unspecified atom stereocenters.